The second-order valence-corrected chi connectivity index (χ2v) is 7.00. The van der Waals surface area contributed by atoms with Gasteiger partial charge in [0.05, 0.1) is 11.4 Å². The maximum Gasteiger partial charge on any atom is 0.233 e. The molecule has 1 aromatic heterocycles. The van der Waals surface area contributed by atoms with Crippen LogP contribution in [0.1, 0.15) is 24.8 Å². The Balaban J connectivity index is 1.68. The van der Waals surface area contributed by atoms with Crippen molar-refractivity contribution in [1.29, 1.82) is 0 Å². The summed E-state index contributed by atoms with van der Waals surface area (Å²) in [6.45, 7) is 3.71. The van der Waals surface area contributed by atoms with Crippen molar-refractivity contribution < 1.29 is 4.79 Å². The molecule has 122 valence electrons. The van der Waals surface area contributed by atoms with Crippen molar-refractivity contribution in [3.05, 3.63) is 35.1 Å². The number of aryl methyl sites for hydroxylation is 1. The summed E-state index contributed by atoms with van der Waals surface area (Å²) in [4.78, 5) is 14.2. The number of nitrogens with zero attached hydrogens (tertiary/aromatic N) is 4. The lowest BCUT2D eigenvalue weighted by atomic mass is 10.1. The third-order valence-electron chi connectivity index (χ3n) is 3.98. The molecule has 1 fully saturated rings. The number of carbonyl (C=O) groups excluding carboxylic acids is 1. The first kappa shape index (κ1) is 16.3. The first-order valence-corrected chi connectivity index (χ1v) is 9.08. The van der Waals surface area contributed by atoms with Crippen LogP contribution in [0.4, 0.5) is 0 Å². The van der Waals surface area contributed by atoms with E-state index in [1.54, 1.807) is 6.33 Å². The molecular weight excluding hydrogens is 332 g/mol. The van der Waals surface area contributed by atoms with Crippen LogP contribution in [0, 0.1) is 6.92 Å². The molecule has 0 aliphatic carbocycles. The molecule has 0 unspecified atom stereocenters. The average Bonchev–Trinajstić information content (AvgIpc) is 3.04. The molecule has 1 aliphatic heterocycles. The lowest BCUT2D eigenvalue weighted by molar-refractivity contribution is -0.129. The number of aromatic nitrogens is 3. The van der Waals surface area contributed by atoms with E-state index in [0.29, 0.717) is 15.9 Å². The fraction of sp³-hybridized carbons (Fsp3) is 0.438. The van der Waals surface area contributed by atoms with Crippen molar-refractivity contribution in [2.45, 2.75) is 31.3 Å². The van der Waals surface area contributed by atoms with E-state index in [1.165, 1.54) is 18.2 Å². The van der Waals surface area contributed by atoms with Gasteiger partial charge in [-0.1, -0.05) is 29.4 Å². The van der Waals surface area contributed by atoms with Crippen molar-refractivity contribution in [1.82, 2.24) is 19.7 Å². The molecule has 1 aliphatic rings. The molecular formula is C16H19ClN4OS. The summed E-state index contributed by atoms with van der Waals surface area (Å²) >= 11 is 7.61. The SMILES string of the molecule is Cc1ccc(-n2cnnc2SCC(=O)N2CCCCC2)cc1Cl. The zero-order valence-corrected chi connectivity index (χ0v) is 14.6. The number of thioether (sulfide) groups is 1. The Labute approximate surface area is 145 Å². The smallest absolute Gasteiger partial charge is 0.233 e. The van der Waals surface area contributed by atoms with Crippen LogP contribution in [0.3, 0.4) is 0 Å². The van der Waals surface area contributed by atoms with Crippen molar-refractivity contribution >= 4 is 29.3 Å². The summed E-state index contributed by atoms with van der Waals surface area (Å²) < 4.78 is 1.86. The van der Waals surface area contributed by atoms with Crippen molar-refractivity contribution in [2.75, 3.05) is 18.8 Å². The zero-order valence-electron chi connectivity index (χ0n) is 13.0. The van der Waals surface area contributed by atoms with Crippen LogP contribution in [-0.4, -0.2) is 44.4 Å². The van der Waals surface area contributed by atoms with Gasteiger partial charge in [0.25, 0.3) is 0 Å². The highest BCUT2D eigenvalue weighted by atomic mass is 35.5. The standard InChI is InChI=1S/C16H19ClN4OS/c1-12-5-6-13(9-14(12)17)21-11-18-19-16(21)23-10-15(22)20-7-3-2-4-8-20/h5-6,9,11H,2-4,7-8,10H2,1H3. The first-order chi connectivity index (χ1) is 11.1. The molecule has 7 heteroatoms. The maximum atomic E-state index is 12.3. The van der Waals surface area contributed by atoms with Crippen molar-refractivity contribution in [3.8, 4) is 5.69 Å². The van der Waals surface area contributed by atoms with Gasteiger partial charge in [-0.2, -0.15) is 0 Å². The molecule has 0 atom stereocenters. The highest BCUT2D eigenvalue weighted by molar-refractivity contribution is 7.99. The molecule has 23 heavy (non-hydrogen) atoms. The number of piperidine rings is 1. The predicted octanol–water partition coefficient (Wildman–Crippen LogP) is 3.33. The van der Waals surface area contributed by atoms with Gasteiger partial charge in [0.1, 0.15) is 6.33 Å². The summed E-state index contributed by atoms with van der Waals surface area (Å²) in [5.41, 5.74) is 1.93. The average molecular weight is 351 g/mol. The molecule has 0 N–H and O–H groups in total. The molecule has 1 aromatic carbocycles. The van der Waals surface area contributed by atoms with Gasteiger partial charge >= 0.3 is 0 Å². The Kier molecular flexibility index (Phi) is 5.23. The number of benzene rings is 1. The third-order valence-corrected chi connectivity index (χ3v) is 5.32. The molecule has 2 heterocycles. The lowest BCUT2D eigenvalue weighted by Crippen LogP contribution is -2.36. The Morgan fingerprint density at radius 1 is 1.30 bits per heavy atom. The predicted molar refractivity (Wildman–Crippen MR) is 92.3 cm³/mol. The van der Waals surface area contributed by atoms with Crippen molar-refractivity contribution in [3.63, 3.8) is 0 Å². The number of hydrogen-bond donors (Lipinski definition) is 0. The van der Waals surface area contributed by atoms with Crippen LogP contribution in [0.25, 0.3) is 5.69 Å². The molecule has 5 nitrogen and oxygen atoms in total. The van der Waals surface area contributed by atoms with E-state index in [9.17, 15) is 4.79 Å². The van der Waals surface area contributed by atoms with Gasteiger partial charge in [-0.05, 0) is 43.9 Å². The summed E-state index contributed by atoms with van der Waals surface area (Å²) in [5, 5.41) is 9.50. The second kappa shape index (κ2) is 7.36. The minimum atomic E-state index is 0.172. The fourth-order valence-corrected chi connectivity index (χ4v) is 3.60. The molecule has 1 saturated heterocycles. The monoisotopic (exact) mass is 350 g/mol. The molecule has 3 rings (SSSR count). The lowest BCUT2D eigenvalue weighted by Gasteiger charge is -2.26. The van der Waals surface area contributed by atoms with E-state index in [4.69, 9.17) is 11.6 Å². The van der Waals surface area contributed by atoms with Gasteiger partial charge in [-0.15, -0.1) is 10.2 Å². The highest BCUT2D eigenvalue weighted by Crippen LogP contribution is 2.24. The van der Waals surface area contributed by atoms with E-state index in [2.05, 4.69) is 10.2 Å². The van der Waals surface area contributed by atoms with Gasteiger partial charge in [0, 0.05) is 18.1 Å². The maximum absolute atomic E-state index is 12.3. The zero-order chi connectivity index (χ0) is 16.2. The number of likely N-dealkylation sites (tertiary alicyclic amines) is 1. The molecule has 0 radical (unpaired) electrons. The third kappa shape index (κ3) is 3.87. The largest absolute Gasteiger partial charge is 0.342 e. The van der Waals surface area contributed by atoms with Crippen molar-refractivity contribution in [2.24, 2.45) is 0 Å². The number of halogens is 1. The van der Waals surface area contributed by atoms with Gasteiger partial charge < -0.3 is 4.90 Å². The van der Waals surface area contributed by atoms with Gasteiger partial charge in [0.15, 0.2) is 5.16 Å². The quantitative estimate of drug-likeness (QED) is 0.793. The summed E-state index contributed by atoms with van der Waals surface area (Å²) in [6, 6.07) is 5.82. The van der Waals surface area contributed by atoms with Crippen LogP contribution in [-0.2, 0) is 4.79 Å². The minimum absolute atomic E-state index is 0.172. The molecule has 0 saturated carbocycles. The minimum Gasteiger partial charge on any atom is -0.342 e. The summed E-state index contributed by atoms with van der Waals surface area (Å²) in [5.74, 6) is 0.560. The molecule has 0 spiro atoms. The number of rotatable bonds is 4. The Morgan fingerprint density at radius 3 is 2.83 bits per heavy atom. The fourth-order valence-electron chi connectivity index (χ4n) is 2.59. The van der Waals surface area contributed by atoms with E-state index in [-0.39, 0.29) is 5.91 Å². The van der Waals surface area contributed by atoms with Crippen LogP contribution in [0.2, 0.25) is 5.02 Å². The van der Waals surface area contributed by atoms with Gasteiger partial charge in [0.2, 0.25) is 5.91 Å². The van der Waals surface area contributed by atoms with E-state index >= 15 is 0 Å². The molecule has 0 bridgehead atoms. The number of carbonyl (C=O) groups is 1. The van der Waals surface area contributed by atoms with Crippen LogP contribution >= 0.6 is 23.4 Å². The number of amides is 1. The van der Waals surface area contributed by atoms with Gasteiger partial charge in [-0.3, -0.25) is 9.36 Å². The second-order valence-electron chi connectivity index (χ2n) is 5.65. The van der Waals surface area contributed by atoms with E-state index in [0.717, 1.165) is 37.2 Å². The van der Waals surface area contributed by atoms with Crippen LogP contribution < -0.4 is 0 Å². The van der Waals surface area contributed by atoms with E-state index < -0.39 is 0 Å². The number of hydrogen-bond acceptors (Lipinski definition) is 4. The Bertz CT molecular complexity index is 697. The first-order valence-electron chi connectivity index (χ1n) is 7.72. The Morgan fingerprint density at radius 2 is 2.09 bits per heavy atom. The molecule has 2 aromatic rings. The summed E-state index contributed by atoms with van der Waals surface area (Å²) in [6.07, 6.45) is 5.08. The van der Waals surface area contributed by atoms with Crippen LogP contribution in [0.15, 0.2) is 29.7 Å². The van der Waals surface area contributed by atoms with Crippen LogP contribution in [0.5, 0.6) is 0 Å². The highest BCUT2D eigenvalue weighted by Gasteiger charge is 2.18. The Hall–Kier alpha value is -1.53. The normalized spacial score (nSPS) is 15.0. The van der Waals surface area contributed by atoms with Gasteiger partial charge in [-0.25, -0.2) is 0 Å². The van der Waals surface area contributed by atoms with E-state index in [1.807, 2.05) is 34.6 Å². The molecule has 1 amide bonds. The summed E-state index contributed by atoms with van der Waals surface area (Å²) in [7, 11) is 0. The topological polar surface area (TPSA) is 51.0 Å².